The van der Waals surface area contributed by atoms with E-state index in [-0.39, 0.29) is 18.0 Å². The van der Waals surface area contributed by atoms with Gasteiger partial charge in [0, 0.05) is 0 Å². The molecule has 12 heavy (non-hydrogen) atoms. The molecular weight excluding hydrogens is 178 g/mol. The van der Waals surface area contributed by atoms with E-state index in [2.05, 4.69) is 9.97 Å². The second-order valence-electron chi connectivity index (χ2n) is 2.26. The zero-order chi connectivity index (χ0) is 9.14. The molecule has 0 aliphatic heterocycles. The van der Waals surface area contributed by atoms with Gasteiger partial charge in [0.15, 0.2) is 5.78 Å². The average molecular weight is 186 g/mol. The van der Waals surface area contributed by atoms with E-state index in [1.165, 1.54) is 6.20 Å². The number of Topliss-reactive ketones (excluding diaryl/α,β-unsaturated/α-hetero) is 1. The minimum atomic E-state index is -0.234. The molecule has 1 aromatic rings. The van der Waals surface area contributed by atoms with Crippen molar-refractivity contribution >= 4 is 17.4 Å². The number of hydrogen-bond acceptors (Lipinski definition) is 4. The number of carbonyl (C=O) groups is 1. The van der Waals surface area contributed by atoms with Crippen molar-refractivity contribution in [2.24, 2.45) is 5.73 Å². The first-order valence-corrected chi connectivity index (χ1v) is 3.75. The maximum absolute atomic E-state index is 11.0. The predicted octanol–water partition coefficient (Wildman–Crippen LogP) is 0.580. The molecule has 0 bridgehead atoms. The lowest BCUT2D eigenvalue weighted by Gasteiger charge is -1.98. The van der Waals surface area contributed by atoms with E-state index in [0.29, 0.717) is 10.8 Å². The molecule has 0 aliphatic rings. The molecule has 2 N–H and O–H groups in total. The molecule has 0 atom stereocenters. The van der Waals surface area contributed by atoms with Crippen LogP contribution in [0.4, 0.5) is 0 Å². The third-order valence-electron chi connectivity index (χ3n) is 1.36. The van der Waals surface area contributed by atoms with Gasteiger partial charge < -0.3 is 5.73 Å². The molecule has 0 unspecified atom stereocenters. The van der Waals surface area contributed by atoms with Crippen molar-refractivity contribution in [2.75, 3.05) is 6.54 Å². The third kappa shape index (κ3) is 1.78. The van der Waals surface area contributed by atoms with Crippen molar-refractivity contribution in [3.05, 3.63) is 22.7 Å². The van der Waals surface area contributed by atoms with Crippen molar-refractivity contribution in [3.63, 3.8) is 0 Å². The van der Waals surface area contributed by atoms with Gasteiger partial charge in [-0.15, -0.1) is 0 Å². The van der Waals surface area contributed by atoms with Gasteiger partial charge in [-0.1, -0.05) is 11.6 Å². The fourth-order valence-corrected chi connectivity index (χ4v) is 0.797. The van der Waals surface area contributed by atoms with Gasteiger partial charge in [0.05, 0.1) is 18.4 Å². The first kappa shape index (κ1) is 9.09. The highest BCUT2D eigenvalue weighted by Crippen LogP contribution is 2.08. The normalized spacial score (nSPS) is 9.92. The number of ketones is 1. The Hall–Kier alpha value is -1.00. The maximum Gasteiger partial charge on any atom is 0.196 e. The van der Waals surface area contributed by atoms with Crippen molar-refractivity contribution in [3.8, 4) is 0 Å². The Kier molecular flexibility index (Phi) is 2.73. The topological polar surface area (TPSA) is 68.9 Å². The largest absolute Gasteiger partial charge is 0.324 e. The van der Waals surface area contributed by atoms with Gasteiger partial charge in [0.1, 0.15) is 10.8 Å². The summed E-state index contributed by atoms with van der Waals surface area (Å²) < 4.78 is 0. The fourth-order valence-electron chi connectivity index (χ4n) is 0.706. The molecule has 0 radical (unpaired) electrons. The first-order valence-electron chi connectivity index (χ1n) is 3.37. The predicted molar refractivity (Wildman–Crippen MR) is 45.2 cm³/mol. The Balaban J connectivity index is 3.05. The van der Waals surface area contributed by atoms with E-state index in [1.807, 2.05) is 0 Å². The monoisotopic (exact) mass is 185 g/mol. The van der Waals surface area contributed by atoms with Crippen molar-refractivity contribution < 1.29 is 4.79 Å². The first-order chi connectivity index (χ1) is 5.65. The van der Waals surface area contributed by atoms with E-state index in [0.717, 1.165) is 0 Å². The summed E-state index contributed by atoms with van der Waals surface area (Å²) in [6, 6.07) is 0. The minimum absolute atomic E-state index is 0.0598. The smallest absolute Gasteiger partial charge is 0.196 e. The van der Waals surface area contributed by atoms with Crippen molar-refractivity contribution in [2.45, 2.75) is 6.92 Å². The summed E-state index contributed by atoms with van der Waals surface area (Å²) in [6.07, 6.45) is 1.32. The van der Waals surface area contributed by atoms with Crippen LogP contribution >= 0.6 is 11.6 Å². The van der Waals surface area contributed by atoms with Crippen LogP contribution in [0.1, 0.15) is 16.2 Å². The molecule has 0 spiro atoms. The van der Waals surface area contributed by atoms with E-state index in [4.69, 9.17) is 17.3 Å². The second-order valence-corrected chi connectivity index (χ2v) is 2.62. The van der Waals surface area contributed by atoms with Crippen LogP contribution in [0.25, 0.3) is 0 Å². The molecule has 0 amide bonds. The van der Waals surface area contributed by atoms with Crippen molar-refractivity contribution in [1.29, 1.82) is 0 Å². The standard InChI is InChI=1S/C7H8ClN3O/c1-4-7(8)10-3-5(11-4)6(12)2-9/h3H,2,9H2,1H3. The van der Waals surface area contributed by atoms with Gasteiger partial charge in [-0.3, -0.25) is 4.79 Å². The highest BCUT2D eigenvalue weighted by atomic mass is 35.5. The van der Waals surface area contributed by atoms with Crippen LogP contribution in [0.3, 0.4) is 0 Å². The van der Waals surface area contributed by atoms with Crippen LogP contribution in [-0.4, -0.2) is 22.3 Å². The summed E-state index contributed by atoms with van der Waals surface area (Å²) in [6.45, 7) is 1.62. The van der Waals surface area contributed by atoms with E-state index in [1.54, 1.807) is 6.92 Å². The highest BCUT2D eigenvalue weighted by molar-refractivity contribution is 6.30. The maximum atomic E-state index is 11.0. The Morgan fingerprint density at radius 2 is 2.42 bits per heavy atom. The number of rotatable bonds is 2. The number of carbonyl (C=O) groups excluding carboxylic acids is 1. The molecular formula is C7H8ClN3O. The number of aryl methyl sites for hydroxylation is 1. The number of aromatic nitrogens is 2. The van der Waals surface area contributed by atoms with Crippen molar-refractivity contribution in [1.82, 2.24) is 9.97 Å². The number of nitrogens with zero attached hydrogens (tertiary/aromatic N) is 2. The summed E-state index contributed by atoms with van der Waals surface area (Å²) in [4.78, 5) is 18.7. The van der Waals surface area contributed by atoms with Gasteiger partial charge in [-0.05, 0) is 6.92 Å². The number of hydrogen-bond donors (Lipinski definition) is 1. The van der Waals surface area contributed by atoms with Gasteiger partial charge in [-0.2, -0.15) is 0 Å². The Bertz CT molecular complexity index is 314. The summed E-state index contributed by atoms with van der Waals surface area (Å²) in [5.74, 6) is -0.234. The van der Waals surface area contributed by atoms with Gasteiger partial charge in [-0.25, -0.2) is 9.97 Å². The Morgan fingerprint density at radius 1 is 1.75 bits per heavy atom. The molecule has 64 valence electrons. The van der Waals surface area contributed by atoms with Gasteiger partial charge in [0.2, 0.25) is 0 Å². The SMILES string of the molecule is Cc1nc(C(=O)CN)cnc1Cl. The average Bonchev–Trinajstić information content (AvgIpc) is 2.08. The lowest BCUT2D eigenvalue weighted by molar-refractivity contribution is 0.0996. The summed E-state index contributed by atoms with van der Waals surface area (Å²) in [5, 5.41) is 0.309. The highest BCUT2D eigenvalue weighted by Gasteiger charge is 2.07. The van der Waals surface area contributed by atoms with Crippen LogP contribution in [0.5, 0.6) is 0 Å². The lowest BCUT2D eigenvalue weighted by Crippen LogP contribution is -2.15. The molecule has 5 heteroatoms. The molecule has 1 aromatic heterocycles. The van der Waals surface area contributed by atoms with E-state index in [9.17, 15) is 4.79 Å². The molecule has 4 nitrogen and oxygen atoms in total. The van der Waals surface area contributed by atoms with Crippen LogP contribution in [0.15, 0.2) is 6.20 Å². The summed E-state index contributed by atoms with van der Waals surface area (Å²) in [5.41, 5.74) is 5.94. The Morgan fingerprint density at radius 3 is 2.92 bits per heavy atom. The van der Waals surface area contributed by atoms with E-state index < -0.39 is 0 Å². The van der Waals surface area contributed by atoms with Crippen LogP contribution in [0, 0.1) is 6.92 Å². The van der Waals surface area contributed by atoms with Crippen LogP contribution in [0.2, 0.25) is 5.15 Å². The fraction of sp³-hybridized carbons (Fsp3) is 0.286. The Labute approximate surface area is 74.8 Å². The molecule has 1 rings (SSSR count). The third-order valence-corrected chi connectivity index (χ3v) is 1.73. The molecule has 0 saturated carbocycles. The zero-order valence-electron chi connectivity index (χ0n) is 6.54. The second kappa shape index (κ2) is 3.60. The molecule has 0 saturated heterocycles. The van der Waals surface area contributed by atoms with Gasteiger partial charge in [0.25, 0.3) is 0 Å². The zero-order valence-corrected chi connectivity index (χ0v) is 7.30. The molecule has 1 heterocycles. The summed E-state index contributed by atoms with van der Waals surface area (Å²) in [7, 11) is 0. The van der Waals surface area contributed by atoms with E-state index >= 15 is 0 Å². The molecule has 0 aromatic carbocycles. The quantitative estimate of drug-likeness (QED) is 0.685. The number of nitrogens with two attached hydrogens (primary N) is 1. The summed E-state index contributed by atoms with van der Waals surface area (Å²) >= 11 is 5.61. The molecule has 0 aliphatic carbocycles. The van der Waals surface area contributed by atoms with Crippen LogP contribution < -0.4 is 5.73 Å². The van der Waals surface area contributed by atoms with Crippen LogP contribution in [-0.2, 0) is 0 Å². The number of halogens is 1. The molecule has 0 fully saturated rings. The minimum Gasteiger partial charge on any atom is -0.324 e. The van der Waals surface area contributed by atoms with Gasteiger partial charge >= 0.3 is 0 Å². The lowest BCUT2D eigenvalue weighted by atomic mass is 10.3.